The second kappa shape index (κ2) is 6.33. The summed E-state index contributed by atoms with van der Waals surface area (Å²) in [6.45, 7) is 10.4. The van der Waals surface area contributed by atoms with E-state index in [1.165, 1.54) is 4.90 Å². The molecule has 2 fully saturated rings. The quantitative estimate of drug-likeness (QED) is 0.796. The number of ether oxygens (including phenoxy) is 1. The van der Waals surface area contributed by atoms with E-state index in [4.69, 9.17) is 9.84 Å². The zero-order chi connectivity index (χ0) is 17.3. The largest absolute Gasteiger partial charge is 0.466 e. The Balaban J connectivity index is 1.97. The predicted octanol–water partition coefficient (Wildman–Crippen LogP) is 3.92. The fourth-order valence-electron chi connectivity index (χ4n) is 4.57. The first-order chi connectivity index (χ1) is 10.6. The molecule has 1 aliphatic heterocycles. The zero-order valence-corrected chi connectivity index (χ0v) is 15.0. The van der Waals surface area contributed by atoms with Crippen molar-refractivity contribution in [1.29, 1.82) is 0 Å². The van der Waals surface area contributed by atoms with Gasteiger partial charge in [0.05, 0.1) is 6.61 Å². The molecular formula is C18H31NO4. The Morgan fingerprint density at radius 1 is 1.17 bits per heavy atom. The van der Waals surface area contributed by atoms with E-state index in [-0.39, 0.29) is 22.2 Å². The van der Waals surface area contributed by atoms with Crippen LogP contribution in [0.25, 0.3) is 0 Å². The van der Waals surface area contributed by atoms with Crippen LogP contribution in [0.3, 0.4) is 0 Å². The lowest BCUT2D eigenvalue weighted by Crippen LogP contribution is -2.57. The van der Waals surface area contributed by atoms with Crippen molar-refractivity contribution in [3.8, 4) is 0 Å². The lowest BCUT2D eigenvalue weighted by molar-refractivity contribution is -0.157. The second-order valence-electron chi connectivity index (χ2n) is 8.46. The van der Waals surface area contributed by atoms with Gasteiger partial charge in [0, 0.05) is 19.5 Å². The molecule has 5 nitrogen and oxygen atoms in total. The number of carbonyl (C=O) groups is 2. The minimum absolute atomic E-state index is 0.0993. The van der Waals surface area contributed by atoms with E-state index >= 15 is 0 Å². The maximum Gasteiger partial charge on any atom is 0.407 e. The highest BCUT2D eigenvalue weighted by Crippen LogP contribution is 2.67. The van der Waals surface area contributed by atoms with Crippen molar-refractivity contribution in [3.63, 3.8) is 0 Å². The molecule has 0 aromatic rings. The van der Waals surface area contributed by atoms with E-state index in [1.54, 1.807) is 0 Å². The Hall–Kier alpha value is -1.26. The average Bonchev–Trinajstić information content (AvgIpc) is 2.42. The molecule has 1 amide bonds. The summed E-state index contributed by atoms with van der Waals surface area (Å²) < 4.78 is 5.09. The number of carboxylic acid groups (broad SMARTS) is 1. The van der Waals surface area contributed by atoms with Gasteiger partial charge in [-0.3, -0.25) is 4.79 Å². The molecule has 2 rings (SSSR count). The molecule has 0 aromatic carbocycles. The van der Waals surface area contributed by atoms with Crippen molar-refractivity contribution >= 4 is 12.1 Å². The Kier molecular flexibility index (Phi) is 4.97. The lowest BCUT2D eigenvalue weighted by atomic mass is 9.41. The van der Waals surface area contributed by atoms with Crippen LogP contribution in [0.2, 0.25) is 0 Å². The normalized spacial score (nSPS) is 22.5. The van der Waals surface area contributed by atoms with Crippen LogP contribution in [0.5, 0.6) is 0 Å². The number of amides is 1. The van der Waals surface area contributed by atoms with E-state index in [9.17, 15) is 9.59 Å². The number of esters is 1. The molecule has 2 aliphatic rings. The van der Waals surface area contributed by atoms with Crippen LogP contribution in [0.15, 0.2) is 0 Å². The smallest absolute Gasteiger partial charge is 0.407 e. The Morgan fingerprint density at radius 2 is 1.74 bits per heavy atom. The molecule has 1 saturated carbocycles. The van der Waals surface area contributed by atoms with Crippen molar-refractivity contribution in [1.82, 2.24) is 4.90 Å². The number of hydrogen-bond donors (Lipinski definition) is 1. The highest BCUT2D eigenvalue weighted by molar-refractivity contribution is 5.69. The summed E-state index contributed by atoms with van der Waals surface area (Å²) in [5.74, 6) is -0.0993. The fourth-order valence-corrected chi connectivity index (χ4v) is 4.57. The van der Waals surface area contributed by atoms with Gasteiger partial charge in [-0.05, 0) is 55.3 Å². The highest BCUT2D eigenvalue weighted by Gasteiger charge is 2.59. The van der Waals surface area contributed by atoms with Crippen LogP contribution in [0, 0.1) is 16.2 Å². The minimum Gasteiger partial charge on any atom is -0.466 e. The first-order valence-electron chi connectivity index (χ1n) is 8.77. The Bertz CT molecular complexity index is 450. The molecule has 0 atom stereocenters. The van der Waals surface area contributed by atoms with Gasteiger partial charge in [-0.1, -0.05) is 20.8 Å². The van der Waals surface area contributed by atoms with Crippen LogP contribution in [-0.4, -0.2) is 41.8 Å². The zero-order valence-electron chi connectivity index (χ0n) is 15.0. The molecule has 0 bridgehead atoms. The molecular weight excluding hydrogens is 294 g/mol. The lowest BCUT2D eigenvalue weighted by Gasteiger charge is -2.64. The van der Waals surface area contributed by atoms with Gasteiger partial charge in [0.1, 0.15) is 0 Å². The Labute approximate surface area is 139 Å². The minimum atomic E-state index is -0.802. The van der Waals surface area contributed by atoms with Crippen LogP contribution in [0.4, 0.5) is 4.79 Å². The summed E-state index contributed by atoms with van der Waals surface area (Å²) >= 11 is 0. The number of rotatable bonds is 4. The van der Waals surface area contributed by atoms with Crippen LogP contribution in [0.1, 0.15) is 66.2 Å². The highest BCUT2D eigenvalue weighted by atomic mass is 16.5. The SMILES string of the molecule is CCOC(=O)CCC1(C(C)(C)C)CC2(CCN(C(=O)O)CC2)C1. The first kappa shape index (κ1) is 18.1. The maximum atomic E-state index is 11.7. The van der Waals surface area contributed by atoms with Crippen molar-refractivity contribution in [2.45, 2.75) is 66.2 Å². The first-order valence-corrected chi connectivity index (χ1v) is 8.77. The molecule has 23 heavy (non-hydrogen) atoms. The summed E-state index contributed by atoms with van der Waals surface area (Å²) in [6, 6.07) is 0. The van der Waals surface area contributed by atoms with Gasteiger partial charge in [-0.25, -0.2) is 4.79 Å². The number of carbonyl (C=O) groups excluding carboxylic acids is 1. The monoisotopic (exact) mass is 325 g/mol. The molecule has 1 spiro atoms. The Morgan fingerprint density at radius 3 is 2.17 bits per heavy atom. The van der Waals surface area contributed by atoms with Crippen molar-refractivity contribution in [3.05, 3.63) is 0 Å². The molecule has 132 valence electrons. The van der Waals surface area contributed by atoms with E-state index in [2.05, 4.69) is 20.8 Å². The molecule has 1 aliphatic carbocycles. The molecule has 1 saturated heterocycles. The standard InChI is InChI=1S/C18H31NO4/c1-5-23-14(20)6-7-18(16(2,3)4)12-17(13-18)8-10-19(11-9-17)15(21)22/h5-13H2,1-4H3,(H,21,22). The van der Waals surface area contributed by atoms with Crippen LogP contribution >= 0.6 is 0 Å². The van der Waals surface area contributed by atoms with Crippen molar-refractivity contribution in [2.24, 2.45) is 16.2 Å². The van der Waals surface area contributed by atoms with E-state index < -0.39 is 6.09 Å². The third-order valence-corrected chi connectivity index (χ3v) is 6.23. The van der Waals surface area contributed by atoms with E-state index in [0.29, 0.717) is 26.1 Å². The fraction of sp³-hybridized carbons (Fsp3) is 0.889. The molecule has 1 heterocycles. The van der Waals surface area contributed by atoms with E-state index in [1.807, 2.05) is 6.92 Å². The molecule has 5 heteroatoms. The summed E-state index contributed by atoms with van der Waals surface area (Å²) in [6.07, 6.45) is 4.69. The molecule has 0 radical (unpaired) electrons. The van der Waals surface area contributed by atoms with Gasteiger partial charge in [0.25, 0.3) is 0 Å². The number of nitrogens with zero attached hydrogens (tertiary/aromatic N) is 1. The van der Waals surface area contributed by atoms with Gasteiger partial charge < -0.3 is 14.7 Å². The van der Waals surface area contributed by atoms with Crippen molar-refractivity contribution in [2.75, 3.05) is 19.7 Å². The van der Waals surface area contributed by atoms with Gasteiger partial charge in [0.2, 0.25) is 0 Å². The summed E-state index contributed by atoms with van der Waals surface area (Å²) in [7, 11) is 0. The average molecular weight is 325 g/mol. The summed E-state index contributed by atoms with van der Waals surface area (Å²) in [5.41, 5.74) is 0.605. The maximum absolute atomic E-state index is 11.7. The van der Waals surface area contributed by atoms with E-state index in [0.717, 1.165) is 32.1 Å². The summed E-state index contributed by atoms with van der Waals surface area (Å²) in [5, 5.41) is 9.10. The third-order valence-electron chi connectivity index (χ3n) is 6.23. The van der Waals surface area contributed by atoms with Gasteiger partial charge >= 0.3 is 12.1 Å². The van der Waals surface area contributed by atoms with Crippen molar-refractivity contribution < 1.29 is 19.4 Å². The topological polar surface area (TPSA) is 66.8 Å². The molecule has 0 unspecified atom stereocenters. The van der Waals surface area contributed by atoms with Crippen LogP contribution in [-0.2, 0) is 9.53 Å². The number of piperidine rings is 1. The van der Waals surface area contributed by atoms with Gasteiger partial charge in [0.15, 0.2) is 0 Å². The predicted molar refractivity (Wildman–Crippen MR) is 88.3 cm³/mol. The molecule has 0 aromatic heterocycles. The number of likely N-dealkylation sites (tertiary alicyclic amines) is 1. The third kappa shape index (κ3) is 3.64. The second-order valence-corrected chi connectivity index (χ2v) is 8.46. The molecule has 1 N–H and O–H groups in total. The van der Waals surface area contributed by atoms with Gasteiger partial charge in [-0.2, -0.15) is 0 Å². The number of hydrogen-bond acceptors (Lipinski definition) is 3. The summed E-state index contributed by atoms with van der Waals surface area (Å²) in [4.78, 5) is 24.3. The van der Waals surface area contributed by atoms with Crippen LogP contribution < -0.4 is 0 Å². The van der Waals surface area contributed by atoms with Gasteiger partial charge in [-0.15, -0.1) is 0 Å².